The fourth-order valence-electron chi connectivity index (χ4n) is 2.34. The van der Waals surface area contributed by atoms with Crippen molar-refractivity contribution in [2.24, 2.45) is 0 Å². The number of benzene rings is 1. The van der Waals surface area contributed by atoms with Gasteiger partial charge >= 0.3 is 0 Å². The third-order valence-corrected chi connectivity index (χ3v) is 5.20. The van der Waals surface area contributed by atoms with Gasteiger partial charge in [0.25, 0.3) is 0 Å². The topological polar surface area (TPSA) is 40.9 Å². The Morgan fingerprint density at radius 1 is 1.41 bits per heavy atom. The Kier molecular flexibility index (Phi) is 3.96. The first-order chi connectivity index (χ1) is 8.26. The minimum atomic E-state index is -1.04. The first kappa shape index (κ1) is 12.3. The van der Waals surface area contributed by atoms with Crippen molar-refractivity contribution in [3.8, 4) is 6.07 Å². The molecule has 1 aliphatic carbocycles. The second-order valence-electron chi connectivity index (χ2n) is 4.47. The molecular formula is C14H17NOS. The van der Waals surface area contributed by atoms with Crippen molar-refractivity contribution in [1.82, 2.24) is 0 Å². The van der Waals surface area contributed by atoms with Gasteiger partial charge in [0.2, 0.25) is 0 Å². The molecule has 90 valence electrons. The number of aryl methyl sites for hydroxylation is 2. The highest BCUT2D eigenvalue weighted by Crippen LogP contribution is 2.25. The molecule has 0 radical (unpaired) electrons. The second kappa shape index (κ2) is 5.46. The smallest absolute Gasteiger partial charge is 0.0634 e. The fraction of sp³-hybridized carbons (Fsp3) is 0.500. The van der Waals surface area contributed by atoms with Gasteiger partial charge in [-0.2, -0.15) is 5.26 Å². The van der Waals surface area contributed by atoms with Crippen LogP contribution < -0.4 is 0 Å². The lowest BCUT2D eigenvalue weighted by molar-refractivity contribution is 0.664. The maximum absolute atomic E-state index is 12.3. The first-order valence-corrected chi connectivity index (χ1v) is 7.37. The Labute approximate surface area is 105 Å². The summed E-state index contributed by atoms with van der Waals surface area (Å²) < 4.78 is 12.3. The summed E-state index contributed by atoms with van der Waals surface area (Å²) in [5, 5.41) is 8.71. The molecular weight excluding hydrogens is 230 g/mol. The molecule has 0 spiro atoms. The van der Waals surface area contributed by atoms with E-state index in [9.17, 15) is 4.21 Å². The molecule has 2 nitrogen and oxygen atoms in total. The lowest BCUT2D eigenvalue weighted by atomic mass is 10.1. The highest BCUT2D eigenvalue weighted by molar-refractivity contribution is 7.85. The minimum Gasteiger partial charge on any atom is -0.254 e. The number of fused-ring (bicyclic) bond motifs is 1. The van der Waals surface area contributed by atoms with Crippen molar-refractivity contribution in [1.29, 1.82) is 5.26 Å². The monoisotopic (exact) mass is 247 g/mol. The number of nitrogens with zero attached hydrogens (tertiary/aromatic N) is 1. The molecule has 1 aliphatic rings. The molecule has 1 aromatic carbocycles. The van der Waals surface area contributed by atoms with E-state index in [0.29, 0.717) is 6.42 Å². The average molecular weight is 247 g/mol. The van der Waals surface area contributed by atoms with E-state index in [0.717, 1.165) is 24.2 Å². The van der Waals surface area contributed by atoms with E-state index in [2.05, 4.69) is 18.2 Å². The van der Waals surface area contributed by atoms with Crippen molar-refractivity contribution >= 4 is 10.8 Å². The Hall–Kier alpha value is -1.14. The summed E-state index contributed by atoms with van der Waals surface area (Å²) >= 11 is 0. The third-order valence-electron chi connectivity index (χ3n) is 3.38. The van der Waals surface area contributed by atoms with Crippen LogP contribution in [0.4, 0.5) is 0 Å². The molecule has 0 saturated carbocycles. The van der Waals surface area contributed by atoms with Crippen LogP contribution in [0.2, 0.25) is 0 Å². The quantitative estimate of drug-likeness (QED) is 0.820. The van der Waals surface area contributed by atoms with Gasteiger partial charge in [0.15, 0.2) is 0 Å². The summed E-state index contributed by atoms with van der Waals surface area (Å²) in [6.07, 6.45) is 4.63. The second-order valence-corrected chi connectivity index (χ2v) is 6.21. The zero-order chi connectivity index (χ0) is 12.3. The summed E-state index contributed by atoms with van der Waals surface area (Å²) in [6.45, 7) is 1.99. The fourth-order valence-corrected chi connectivity index (χ4v) is 3.71. The Morgan fingerprint density at radius 3 is 2.88 bits per heavy atom. The molecule has 0 saturated heterocycles. The highest BCUT2D eigenvalue weighted by atomic mass is 32.2. The lowest BCUT2D eigenvalue weighted by Gasteiger charge is -2.12. The molecule has 0 N–H and O–H groups in total. The van der Waals surface area contributed by atoms with Gasteiger partial charge in [-0.15, -0.1) is 0 Å². The van der Waals surface area contributed by atoms with Crippen LogP contribution in [0, 0.1) is 11.3 Å². The van der Waals surface area contributed by atoms with Gasteiger partial charge in [-0.3, -0.25) is 4.21 Å². The zero-order valence-electron chi connectivity index (χ0n) is 10.1. The number of hydrogen-bond acceptors (Lipinski definition) is 2. The number of rotatable bonds is 4. The standard InChI is InChI=1S/C14H17NOS/c1-2-13(8-9-15)17(16)14-7-6-11-4-3-5-12(11)10-14/h6-7,10,13H,2-5,8H2,1H3. The van der Waals surface area contributed by atoms with Gasteiger partial charge in [-0.05, 0) is 48.9 Å². The maximum Gasteiger partial charge on any atom is 0.0634 e. The van der Waals surface area contributed by atoms with Crippen LogP contribution >= 0.6 is 0 Å². The van der Waals surface area contributed by atoms with E-state index < -0.39 is 10.8 Å². The van der Waals surface area contributed by atoms with Crippen molar-refractivity contribution in [2.45, 2.75) is 49.2 Å². The molecule has 3 heteroatoms. The van der Waals surface area contributed by atoms with Crippen LogP contribution in [0.5, 0.6) is 0 Å². The van der Waals surface area contributed by atoms with Crippen LogP contribution in [-0.2, 0) is 23.6 Å². The number of hydrogen-bond donors (Lipinski definition) is 0. The van der Waals surface area contributed by atoms with Gasteiger partial charge in [-0.1, -0.05) is 13.0 Å². The molecule has 0 heterocycles. The lowest BCUT2D eigenvalue weighted by Crippen LogP contribution is -2.13. The SMILES string of the molecule is CCC(CC#N)S(=O)c1ccc2c(c1)CCC2. The number of nitriles is 1. The van der Waals surface area contributed by atoms with E-state index in [1.54, 1.807) is 0 Å². The molecule has 1 aromatic rings. The molecule has 0 amide bonds. The molecule has 0 aliphatic heterocycles. The molecule has 2 unspecified atom stereocenters. The normalized spacial score (nSPS) is 17.2. The summed E-state index contributed by atoms with van der Waals surface area (Å²) in [4.78, 5) is 0.896. The van der Waals surface area contributed by atoms with Crippen molar-refractivity contribution in [3.05, 3.63) is 29.3 Å². The van der Waals surface area contributed by atoms with E-state index in [4.69, 9.17) is 5.26 Å². The zero-order valence-corrected chi connectivity index (χ0v) is 10.9. The Balaban J connectivity index is 2.22. The van der Waals surface area contributed by atoms with Crippen LogP contribution in [-0.4, -0.2) is 9.46 Å². The van der Waals surface area contributed by atoms with Crippen LogP contribution in [0.3, 0.4) is 0 Å². The first-order valence-electron chi connectivity index (χ1n) is 6.15. The average Bonchev–Trinajstić information content (AvgIpc) is 2.82. The molecule has 2 atom stereocenters. The van der Waals surface area contributed by atoms with Gasteiger partial charge in [0.05, 0.1) is 22.1 Å². The predicted molar refractivity (Wildman–Crippen MR) is 69.2 cm³/mol. The van der Waals surface area contributed by atoms with Crippen molar-refractivity contribution in [3.63, 3.8) is 0 Å². The molecule has 0 fully saturated rings. The summed E-state index contributed by atoms with van der Waals surface area (Å²) in [5.74, 6) is 0. The van der Waals surface area contributed by atoms with Crippen LogP contribution in [0.15, 0.2) is 23.1 Å². The van der Waals surface area contributed by atoms with Crippen LogP contribution in [0.1, 0.15) is 37.3 Å². The third kappa shape index (κ3) is 2.58. The van der Waals surface area contributed by atoms with E-state index >= 15 is 0 Å². The van der Waals surface area contributed by atoms with Gasteiger partial charge in [-0.25, -0.2) is 0 Å². The molecule has 0 aromatic heterocycles. The molecule has 2 rings (SSSR count). The van der Waals surface area contributed by atoms with Crippen LogP contribution in [0.25, 0.3) is 0 Å². The van der Waals surface area contributed by atoms with Gasteiger partial charge in [0, 0.05) is 11.3 Å². The molecule has 0 bridgehead atoms. The minimum absolute atomic E-state index is 0.0283. The highest BCUT2D eigenvalue weighted by Gasteiger charge is 2.18. The van der Waals surface area contributed by atoms with E-state index in [-0.39, 0.29) is 5.25 Å². The molecule has 17 heavy (non-hydrogen) atoms. The Morgan fingerprint density at radius 2 is 2.18 bits per heavy atom. The largest absolute Gasteiger partial charge is 0.254 e. The van der Waals surface area contributed by atoms with Crippen molar-refractivity contribution in [2.75, 3.05) is 0 Å². The summed E-state index contributed by atoms with van der Waals surface area (Å²) in [7, 11) is -1.04. The van der Waals surface area contributed by atoms with Gasteiger partial charge < -0.3 is 0 Å². The predicted octanol–water partition coefficient (Wildman–Crippen LogP) is 2.98. The maximum atomic E-state index is 12.3. The Bertz CT molecular complexity index is 476. The summed E-state index contributed by atoms with van der Waals surface area (Å²) in [6, 6.07) is 8.29. The van der Waals surface area contributed by atoms with Crippen molar-refractivity contribution < 1.29 is 4.21 Å². The summed E-state index contributed by atoms with van der Waals surface area (Å²) in [5.41, 5.74) is 2.75. The van der Waals surface area contributed by atoms with Gasteiger partial charge in [0.1, 0.15) is 0 Å². The van der Waals surface area contributed by atoms with E-state index in [1.165, 1.54) is 17.5 Å². The van der Waals surface area contributed by atoms with E-state index in [1.807, 2.05) is 13.0 Å².